The Kier molecular flexibility index (Phi) is 5.99. The van der Waals surface area contributed by atoms with Crippen LogP contribution in [0.3, 0.4) is 0 Å². The van der Waals surface area contributed by atoms with Crippen molar-refractivity contribution in [2.24, 2.45) is 0 Å². The smallest absolute Gasteiger partial charge is 0.227 e. The zero-order chi connectivity index (χ0) is 15.9. The van der Waals surface area contributed by atoms with E-state index in [1.54, 1.807) is 24.1 Å². The normalized spacial score (nSPS) is 12.0. The molecule has 1 N–H and O–H groups in total. The van der Waals surface area contributed by atoms with Crippen LogP contribution in [-0.2, 0) is 11.2 Å². The number of hydrogen-bond donors (Lipinski definition) is 1. The first kappa shape index (κ1) is 16.5. The summed E-state index contributed by atoms with van der Waals surface area (Å²) >= 11 is 5.96. The van der Waals surface area contributed by atoms with Crippen molar-refractivity contribution < 1.29 is 9.90 Å². The molecule has 0 saturated heterocycles. The lowest BCUT2D eigenvalue weighted by Crippen LogP contribution is -2.33. The second-order valence-corrected chi connectivity index (χ2v) is 5.69. The highest BCUT2D eigenvalue weighted by atomic mass is 35.5. The Bertz CT molecular complexity index is 615. The Balaban J connectivity index is 2.12. The third-order valence-electron chi connectivity index (χ3n) is 3.69. The molecule has 1 unspecified atom stereocenters. The van der Waals surface area contributed by atoms with Crippen molar-refractivity contribution in [1.82, 2.24) is 4.90 Å². The molecule has 0 aromatic heterocycles. The molecular weight excluding hydrogens is 298 g/mol. The lowest BCUT2D eigenvalue weighted by Gasteiger charge is -2.28. The predicted molar refractivity (Wildman–Crippen MR) is 88.8 cm³/mol. The quantitative estimate of drug-likeness (QED) is 0.886. The molecule has 0 aliphatic carbocycles. The fourth-order valence-corrected chi connectivity index (χ4v) is 2.71. The minimum absolute atomic E-state index is 0.00423. The van der Waals surface area contributed by atoms with Crippen molar-refractivity contribution in [3.05, 3.63) is 70.7 Å². The second kappa shape index (κ2) is 7.97. The third-order valence-corrected chi connectivity index (χ3v) is 3.93. The summed E-state index contributed by atoms with van der Waals surface area (Å²) in [5.41, 5.74) is 1.92. The summed E-state index contributed by atoms with van der Waals surface area (Å²) < 4.78 is 0. The van der Waals surface area contributed by atoms with Crippen LogP contribution < -0.4 is 0 Å². The van der Waals surface area contributed by atoms with Gasteiger partial charge in [0.05, 0.1) is 12.5 Å². The number of carbonyl (C=O) groups is 1. The van der Waals surface area contributed by atoms with Crippen LogP contribution in [0, 0.1) is 0 Å². The highest BCUT2D eigenvalue weighted by Gasteiger charge is 2.21. The van der Waals surface area contributed by atoms with E-state index in [9.17, 15) is 9.90 Å². The van der Waals surface area contributed by atoms with Crippen molar-refractivity contribution >= 4 is 17.5 Å². The Hall–Kier alpha value is -1.84. The molecule has 2 aromatic rings. The number of likely N-dealkylation sites (N-methyl/N-ethyl adjacent to an activating group) is 1. The standard InChI is InChI=1S/C18H20ClNO2/c1-20(17(10-11-21)15-7-3-2-4-8-15)18(22)13-14-6-5-9-16(19)12-14/h2-9,12,17,21H,10-11,13H2,1H3. The average molecular weight is 318 g/mol. The van der Waals surface area contributed by atoms with Crippen molar-refractivity contribution in [2.45, 2.75) is 18.9 Å². The van der Waals surface area contributed by atoms with Gasteiger partial charge in [-0.25, -0.2) is 0 Å². The lowest BCUT2D eigenvalue weighted by atomic mass is 10.0. The number of aliphatic hydroxyl groups is 1. The van der Waals surface area contributed by atoms with Crippen LogP contribution in [0.1, 0.15) is 23.6 Å². The summed E-state index contributed by atoms with van der Waals surface area (Å²) in [5, 5.41) is 9.93. The molecule has 22 heavy (non-hydrogen) atoms. The number of halogens is 1. The molecule has 0 heterocycles. The summed E-state index contributed by atoms with van der Waals surface area (Å²) in [4.78, 5) is 14.2. The summed E-state index contributed by atoms with van der Waals surface area (Å²) in [7, 11) is 1.78. The van der Waals surface area contributed by atoms with E-state index in [2.05, 4.69) is 0 Å². The Morgan fingerprint density at radius 1 is 1.18 bits per heavy atom. The summed E-state index contributed by atoms with van der Waals surface area (Å²) in [6.07, 6.45) is 0.813. The Labute approximate surface area is 136 Å². The van der Waals surface area contributed by atoms with E-state index in [0.29, 0.717) is 17.9 Å². The van der Waals surface area contributed by atoms with Crippen molar-refractivity contribution in [1.29, 1.82) is 0 Å². The summed E-state index contributed by atoms with van der Waals surface area (Å²) in [6.45, 7) is 0.0361. The molecule has 1 atom stereocenters. The molecule has 116 valence electrons. The number of aliphatic hydroxyl groups excluding tert-OH is 1. The maximum Gasteiger partial charge on any atom is 0.227 e. The Morgan fingerprint density at radius 3 is 2.55 bits per heavy atom. The van der Waals surface area contributed by atoms with Gasteiger partial charge in [-0.15, -0.1) is 0 Å². The van der Waals surface area contributed by atoms with Gasteiger partial charge in [0.2, 0.25) is 5.91 Å². The maximum atomic E-state index is 12.5. The van der Waals surface area contributed by atoms with E-state index >= 15 is 0 Å². The van der Waals surface area contributed by atoms with Gasteiger partial charge in [-0.2, -0.15) is 0 Å². The van der Waals surface area contributed by atoms with Crippen LogP contribution >= 0.6 is 11.6 Å². The summed E-state index contributed by atoms with van der Waals surface area (Å²) in [6, 6.07) is 17.0. The summed E-state index contributed by atoms with van der Waals surface area (Å²) in [5.74, 6) is 0.00423. The predicted octanol–water partition coefficient (Wildman–Crippen LogP) is 3.46. The molecule has 3 nitrogen and oxygen atoms in total. The zero-order valence-corrected chi connectivity index (χ0v) is 13.3. The number of carbonyl (C=O) groups excluding carboxylic acids is 1. The van der Waals surface area contributed by atoms with Gasteiger partial charge >= 0.3 is 0 Å². The van der Waals surface area contributed by atoms with E-state index < -0.39 is 0 Å². The van der Waals surface area contributed by atoms with Gasteiger partial charge in [0, 0.05) is 18.7 Å². The number of benzene rings is 2. The molecule has 0 radical (unpaired) electrons. The molecule has 4 heteroatoms. The number of hydrogen-bond acceptors (Lipinski definition) is 2. The molecule has 0 spiro atoms. The highest BCUT2D eigenvalue weighted by Crippen LogP contribution is 2.23. The highest BCUT2D eigenvalue weighted by molar-refractivity contribution is 6.30. The molecule has 0 bridgehead atoms. The van der Waals surface area contributed by atoms with E-state index in [-0.39, 0.29) is 18.6 Å². The molecule has 1 amide bonds. The van der Waals surface area contributed by atoms with Crippen LogP contribution in [0.25, 0.3) is 0 Å². The number of rotatable bonds is 6. The average Bonchev–Trinajstić information content (AvgIpc) is 2.53. The van der Waals surface area contributed by atoms with Crippen molar-refractivity contribution in [3.8, 4) is 0 Å². The molecule has 0 saturated carbocycles. The zero-order valence-electron chi connectivity index (χ0n) is 12.6. The fraction of sp³-hybridized carbons (Fsp3) is 0.278. The third kappa shape index (κ3) is 4.33. The Morgan fingerprint density at radius 2 is 1.91 bits per heavy atom. The van der Waals surface area contributed by atoms with E-state index in [4.69, 9.17) is 11.6 Å². The van der Waals surface area contributed by atoms with Gasteiger partial charge in [0.1, 0.15) is 0 Å². The monoisotopic (exact) mass is 317 g/mol. The van der Waals surface area contributed by atoms with Crippen molar-refractivity contribution in [2.75, 3.05) is 13.7 Å². The van der Waals surface area contributed by atoms with Gasteiger partial charge in [-0.1, -0.05) is 54.1 Å². The molecular formula is C18H20ClNO2. The van der Waals surface area contributed by atoms with Crippen LogP contribution in [0.15, 0.2) is 54.6 Å². The van der Waals surface area contributed by atoms with E-state index in [1.165, 1.54) is 0 Å². The maximum absolute atomic E-state index is 12.5. The van der Waals surface area contributed by atoms with Gasteiger partial charge in [-0.05, 0) is 29.7 Å². The second-order valence-electron chi connectivity index (χ2n) is 5.25. The van der Waals surface area contributed by atoms with E-state index in [1.807, 2.05) is 42.5 Å². The van der Waals surface area contributed by atoms with Gasteiger partial charge in [0.15, 0.2) is 0 Å². The molecule has 2 aromatic carbocycles. The van der Waals surface area contributed by atoms with Crippen LogP contribution in [0.5, 0.6) is 0 Å². The minimum atomic E-state index is -0.127. The molecule has 0 aliphatic rings. The van der Waals surface area contributed by atoms with Crippen LogP contribution in [0.4, 0.5) is 0 Å². The first-order valence-electron chi connectivity index (χ1n) is 7.27. The van der Waals surface area contributed by atoms with Gasteiger partial charge < -0.3 is 10.0 Å². The first-order chi connectivity index (χ1) is 10.6. The van der Waals surface area contributed by atoms with Crippen LogP contribution in [0.2, 0.25) is 5.02 Å². The largest absolute Gasteiger partial charge is 0.396 e. The van der Waals surface area contributed by atoms with Gasteiger partial charge in [-0.3, -0.25) is 4.79 Å². The molecule has 0 aliphatic heterocycles. The molecule has 0 fully saturated rings. The SMILES string of the molecule is CN(C(=O)Cc1cccc(Cl)c1)C(CCO)c1ccccc1. The minimum Gasteiger partial charge on any atom is -0.396 e. The first-order valence-corrected chi connectivity index (χ1v) is 7.65. The number of amides is 1. The van der Waals surface area contributed by atoms with Crippen LogP contribution in [-0.4, -0.2) is 29.6 Å². The topological polar surface area (TPSA) is 40.5 Å². The van der Waals surface area contributed by atoms with Gasteiger partial charge in [0.25, 0.3) is 0 Å². The number of nitrogens with zero attached hydrogens (tertiary/aromatic N) is 1. The van der Waals surface area contributed by atoms with Crippen molar-refractivity contribution in [3.63, 3.8) is 0 Å². The fourth-order valence-electron chi connectivity index (χ4n) is 2.50. The molecule has 2 rings (SSSR count). The van der Waals surface area contributed by atoms with E-state index in [0.717, 1.165) is 11.1 Å². The lowest BCUT2D eigenvalue weighted by molar-refractivity contribution is -0.131.